The number of hydrogen-bond donors (Lipinski definition) is 3. The molecule has 3 N–H and O–H groups in total. The van der Waals surface area contributed by atoms with Crippen LogP contribution in [0.15, 0.2) is 42.6 Å². The Morgan fingerprint density at radius 2 is 1.47 bits per heavy atom. The zero-order valence-electron chi connectivity index (χ0n) is 41.5. The van der Waals surface area contributed by atoms with E-state index in [4.69, 9.17) is 14.7 Å². The Hall–Kier alpha value is -5.69. The smallest absolute Gasteiger partial charge is 0.319 e. The summed E-state index contributed by atoms with van der Waals surface area (Å²) in [7, 11) is 0. The van der Waals surface area contributed by atoms with Crippen molar-refractivity contribution in [2.75, 3.05) is 88.4 Å². The maximum atomic E-state index is 17.2. The van der Waals surface area contributed by atoms with E-state index in [0.29, 0.717) is 89.1 Å². The molecule has 386 valence electrons. The van der Waals surface area contributed by atoms with Crippen LogP contribution in [0, 0.1) is 28.7 Å². The Morgan fingerprint density at radius 3 is 2.14 bits per heavy atom. The van der Waals surface area contributed by atoms with Crippen molar-refractivity contribution in [3.05, 3.63) is 77.0 Å². The van der Waals surface area contributed by atoms with Gasteiger partial charge in [0.05, 0.1) is 17.9 Å². The molecule has 8 heterocycles. The average Bonchev–Trinajstić information content (AvgIpc) is 4.08. The lowest BCUT2D eigenvalue weighted by molar-refractivity contribution is -0.134. The first-order chi connectivity index (χ1) is 35.4. The van der Waals surface area contributed by atoms with E-state index in [2.05, 4.69) is 35.2 Å². The molecule has 0 radical (unpaired) electrons. The molecule has 73 heavy (non-hydrogen) atoms. The van der Waals surface area contributed by atoms with Crippen molar-refractivity contribution in [3.8, 4) is 23.0 Å². The van der Waals surface area contributed by atoms with Gasteiger partial charge in [-0.25, -0.2) is 17.6 Å². The summed E-state index contributed by atoms with van der Waals surface area (Å²) in [5.74, 6) is -4.10. The van der Waals surface area contributed by atoms with Crippen LogP contribution in [0.1, 0.15) is 88.2 Å². The molecular weight excluding hydrogens is 941 g/mol. The van der Waals surface area contributed by atoms with E-state index in [0.717, 1.165) is 110 Å². The second-order valence-electron chi connectivity index (χ2n) is 21.9. The van der Waals surface area contributed by atoms with Gasteiger partial charge in [0.1, 0.15) is 40.2 Å². The number of carbonyl (C=O) groups excluding carboxylic acids is 2. The fourth-order valence-corrected chi connectivity index (χ4v) is 13.2. The zero-order valence-corrected chi connectivity index (χ0v) is 41.5. The van der Waals surface area contributed by atoms with E-state index >= 15 is 17.6 Å². The van der Waals surface area contributed by atoms with Crippen LogP contribution in [-0.2, 0) is 16.0 Å². The van der Waals surface area contributed by atoms with Gasteiger partial charge in [0, 0.05) is 105 Å². The number of fused-ring (bicyclic) bond motifs is 4. The van der Waals surface area contributed by atoms with Crippen molar-refractivity contribution in [1.82, 2.24) is 40.3 Å². The minimum absolute atomic E-state index is 0.0141. The molecule has 18 heteroatoms. The number of anilines is 2. The van der Waals surface area contributed by atoms with Gasteiger partial charge < -0.3 is 34.8 Å². The summed E-state index contributed by atoms with van der Waals surface area (Å²) in [6, 6.07) is 10.4. The van der Waals surface area contributed by atoms with Crippen molar-refractivity contribution in [3.63, 3.8) is 0 Å². The second-order valence-corrected chi connectivity index (χ2v) is 21.9. The minimum Gasteiger partial charge on any atom is -0.508 e. The van der Waals surface area contributed by atoms with Crippen LogP contribution in [-0.4, -0.2) is 149 Å². The summed E-state index contributed by atoms with van der Waals surface area (Å²) in [5, 5.41) is 18.2. The first-order valence-corrected chi connectivity index (χ1v) is 26.6. The van der Waals surface area contributed by atoms with E-state index in [1.165, 1.54) is 24.3 Å². The van der Waals surface area contributed by atoms with Crippen molar-refractivity contribution in [2.24, 2.45) is 5.41 Å². The average molecular weight is 1010 g/mol. The van der Waals surface area contributed by atoms with Gasteiger partial charge in [0.2, 0.25) is 11.8 Å². The number of imide groups is 1. The molecule has 3 atom stereocenters. The SMILES string of the molecule is CCc1c(F)ccc2cc(O)cc(-c3ncc4c(N5CC6CCC(C5)N6)nc(OCC5(CN6CCC(N7CCC(N8CCN(c9cc(F)c(C%10CCC(=O)NC%10=O)c(F)c9)CC8)CC7)CC6)CC5)nc4c3F)c12. The summed E-state index contributed by atoms with van der Waals surface area (Å²) in [6.07, 6.45) is 10.7. The lowest BCUT2D eigenvalue weighted by Gasteiger charge is -2.46. The number of benzene rings is 3. The van der Waals surface area contributed by atoms with E-state index < -0.39 is 41.0 Å². The highest BCUT2D eigenvalue weighted by Crippen LogP contribution is 2.47. The third kappa shape index (κ3) is 9.45. The monoisotopic (exact) mass is 1000 g/mol. The summed E-state index contributed by atoms with van der Waals surface area (Å²) in [6.45, 7) is 11.7. The number of aromatic nitrogens is 3. The second kappa shape index (κ2) is 19.5. The fraction of sp³-hybridized carbons (Fsp3) is 0.545. The molecule has 6 saturated heterocycles. The van der Waals surface area contributed by atoms with Gasteiger partial charge >= 0.3 is 6.01 Å². The molecule has 12 rings (SSSR count). The van der Waals surface area contributed by atoms with Gasteiger partial charge in [-0.1, -0.05) is 13.0 Å². The number of nitrogens with one attached hydrogen (secondary N) is 2. The molecule has 14 nitrogen and oxygen atoms in total. The fourth-order valence-electron chi connectivity index (χ4n) is 13.2. The van der Waals surface area contributed by atoms with E-state index in [-0.39, 0.29) is 46.8 Å². The van der Waals surface area contributed by atoms with Gasteiger partial charge in [-0.3, -0.25) is 24.8 Å². The number of amides is 2. The molecular formula is C55H64F4N10O4. The molecule has 7 aliphatic rings. The Kier molecular flexibility index (Phi) is 12.9. The Labute approximate surface area is 422 Å². The number of piperidine rings is 3. The third-order valence-corrected chi connectivity index (χ3v) is 17.4. The zero-order chi connectivity index (χ0) is 50.1. The van der Waals surface area contributed by atoms with Crippen LogP contribution in [0.3, 0.4) is 0 Å². The summed E-state index contributed by atoms with van der Waals surface area (Å²) < 4.78 is 69.6. The Bertz CT molecular complexity index is 2920. The van der Waals surface area contributed by atoms with Crippen LogP contribution in [0.5, 0.6) is 11.8 Å². The topological polar surface area (TPSA) is 143 Å². The highest BCUT2D eigenvalue weighted by molar-refractivity contribution is 6.02. The number of carbonyl (C=O) groups is 2. The highest BCUT2D eigenvalue weighted by atomic mass is 19.1. The summed E-state index contributed by atoms with van der Waals surface area (Å²) in [4.78, 5) is 50.3. The molecule has 2 bridgehead atoms. The summed E-state index contributed by atoms with van der Waals surface area (Å²) >= 11 is 0. The lowest BCUT2D eigenvalue weighted by atomic mass is 9.89. The molecule has 1 saturated carbocycles. The number of phenolic OH excluding ortho intramolecular Hbond substituents is 1. The largest absolute Gasteiger partial charge is 0.508 e. The third-order valence-electron chi connectivity index (χ3n) is 17.4. The number of piperazine rings is 2. The minimum atomic E-state index is -1.01. The molecule has 2 amide bonds. The van der Waals surface area contributed by atoms with Crippen molar-refractivity contribution >= 4 is 45.0 Å². The highest BCUT2D eigenvalue weighted by Gasteiger charge is 2.46. The maximum absolute atomic E-state index is 17.2. The number of hydrogen-bond acceptors (Lipinski definition) is 13. The van der Waals surface area contributed by atoms with Gasteiger partial charge in [-0.15, -0.1) is 0 Å². The van der Waals surface area contributed by atoms with E-state index in [1.807, 2.05) is 11.8 Å². The molecule has 3 unspecified atom stereocenters. The maximum Gasteiger partial charge on any atom is 0.319 e. The number of phenols is 1. The first-order valence-electron chi connectivity index (χ1n) is 26.6. The molecule has 3 aromatic carbocycles. The van der Waals surface area contributed by atoms with Crippen LogP contribution in [0.2, 0.25) is 0 Å². The van der Waals surface area contributed by atoms with Gasteiger partial charge in [0.25, 0.3) is 0 Å². The van der Waals surface area contributed by atoms with Crippen LogP contribution < -0.4 is 25.2 Å². The lowest BCUT2D eigenvalue weighted by Crippen LogP contribution is -2.55. The number of nitrogens with zero attached hydrogens (tertiary/aromatic N) is 8. The number of ether oxygens (including phenoxy) is 1. The molecule has 5 aromatic rings. The predicted molar refractivity (Wildman–Crippen MR) is 270 cm³/mol. The quantitative estimate of drug-likeness (QED) is 0.0870. The first kappa shape index (κ1) is 48.3. The van der Waals surface area contributed by atoms with Crippen molar-refractivity contribution in [1.29, 1.82) is 0 Å². The molecule has 1 aliphatic carbocycles. The van der Waals surface area contributed by atoms with Gasteiger partial charge in [-0.05, 0) is 137 Å². The number of aromatic hydroxyl groups is 1. The normalized spacial score (nSPS) is 24.5. The number of aryl methyl sites for hydroxylation is 1. The summed E-state index contributed by atoms with van der Waals surface area (Å²) in [5.41, 5.74) is 0.993. The Morgan fingerprint density at radius 1 is 0.781 bits per heavy atom. The molecule has 0 spiro atoms. The number of likely N-dealkylation sites (tertiary alicyclic amines) is 2. The van der Waals surface area contributed by atoms with Crippen LogP contribution >= 0.6 is 0 Å². The Balaban J connectivity index is 0.664. The van der Waals surface area contributed by atoms with Gasteiger partial charge in [0.15, 0.2) is 5.82 Å². The molecule has 7 fully saturated rings. The molecule has 6 aliphatic heterocycles. The predicted octanol–water partition coefficient (Wildman–Crippen LogP) is 7.04. The standard InChI is InChI=1S/C55H64F4N10O4/c1-2-39-43(56)7-3-32-23-38(70)26-41(47(32)39)50-49(59)51-42(27-60-50)52(69-28-33-4-5-34(29-69)61-33)64-54(63-51)73-31-55(13-14-55)30-65-15-9-35(10-16-65)66-17-11-36(12-18-66)67-19-21-68(22-20-67)37-24-44(57)48(45(58)25-37)40-6-8-46(71)62-53(40)72/h3,7,23-27,33-36,40,61,70H,2,4-6,8-22,28-31H2,1H3,(H,62,71,72). The van der Waals surface area contributed by atoms with Crippen LogP contribution in [0.25, 0.3) is 32.9 Å². The molecule has 2 aromatic heterocycles. The number of pyridine rings is 1. The van der Waals surface area contributed by atoms with E-state index in [9.17, 15) is 14.7 Å². The van der Waals surface area contributed by atoms with Crippen LogP contribution in [0.4, 0.5) is 29.1 Å². The number of rotatable bonds is 12. The van der Waals surface area contributed by atoms with Crippen molar-refractivity contribution in [2.45, 2.75) is 108 Å². The number of halogens is 4. The van der Waals surface area contributed by atoms with Crippen molar-refractivity contribution < 1.29 is 37.0 Å². The van der Waals surface area contributed by atoms with Gasteiger partial charge in [-0.2, -0.15) is 9.97 Å². The van der Waals surface area contributed by atoms with E-state index in [1.54, 1.807) is 18.3 Å².